The van der Waals surface area contributed by atoms with Crippen LogP contribution in [0.4, 0.5) is 15.6 Å². The Balaban J connectivity index is 1.66. The van der Waals surface area contributed by atoms with Crippen LogP contribution in [0.5, 0.6) is 5.75 Å². The third-order valence-corrected chi connectivity index (χ3v) is 4.47. The van der Waals surface area contributed by atoms with Crippen molar-refractivity contribution in [1.82, 2.24) is 9.88 Å². The molecule has 0 spiro atoms. The van der Waals surface area contributed by atoms with Crippen LogP contribution < -0.4 is 15.4 Å². The first-order valence-corrected chi connectivity index (χ1v) is 9.45. The molecule has 0 aliphatic rings. The maximum atomic E-state index is 12.1. The molecule has 140 valence electrons. The molecule has 7 heteroatoms. The maximum absolute atomic E-state index is 12.1. The van der Waals surface area contributed by atoms with E-state index in [1.807, 2.05) is 74.1 Å². The molecular formula is C20H22N4O2S. The highest BCUT2D eigenvalue weighted by Gasteiger charge is 2.12. The Morgan fingerprint density at radius 3 is 2.59 bits per heavy atom. The highest BCUT2D eigenvalue weighted by molar-refractivity contribution is 7.14. The molecule has 0 saturated carbocycles. The number of ether oxygens (including phenoxy) is 1. The molecule has 1 heterocycles. The van der Waals surface area contributed by atoms with Crippen LogP contribution in [0.25, 0.3) is 11.3 Å². The van der Waals surface area contributed by atoms with Crippen LogP contribution in [0, 0.1) is 0 Å². The van der Waals surface area contributed by atoms with Crippen molar-refractivity contribution in [1.29, 1.82) is 0 Å². The summed E-state index contributed by atoms with van der Waals surface area (Å²) < 4.78 is 5.90. The van der Waals surface area contributed by atoms with Crippen molar-refractivity contribution in [2.75, 3.05) is 37.9 Å². The van der Waals surface area contributed by atoms with Gasteiger partial charge in [0.05, 0.1) is 5.69 Å². The van der Waals surface area contributed by atoms with E-state index in [1.54, 1.807) is 0 Å². The predicted octanol–water partition coefficient (Wildman–Crippen LogP) is 4.39. The Morgan fingerprint density at radius 1 is 1.07 bits per heavy atom. The fourth-order valence-electron chi connectivity index (χ4n) is 2.38. The fraction of sp³-hybridized carbons (Fsp3) is 0.200. The zero-order chi connectivity index (χ0) is 19.1. The summed E-state index contributed by atoms with van der Waals surface area (Å²) in [5.74, 6) is 0.782. The number of carbonyl (C=O) groups excluding carboxylic acids is 1. The topological polar surface area (TPSA) is 66.5 Å². The third-order valence-electron chi connectivity index (χ3n) is 3.72. The Kier molecular flexibility index (Phi) is 6.40. The van der Waals surface area contributed by atoms with Crippen LogP contribution in [-0.2, 0) is 0 Å². The number of rotatable bonds is 7. The molecule has 0 aliphatic carbocycles. The molecule has 0 bridgehead atoms. The van der Waals surface area contributed by atoms with Crippen LogP contribution >= 0.6 is 11.3 Å². The number of nitrogens with one attached hydrogen (secondary N) is 2. The van der Waals surface area contributed by atoms with E-state index < -0.39 is 0 Å². The maximum Gasteiger partial charge on any atom is 0.325 e. The van der Waals surface area contributed by atoms with Crippen LogP contribution in [0.2, 0.25) is 0 Å². The highest BCUT2D eigenvalue weighted by Crippen LogP contribution is 2.32. The van der Waals surface area contributed by atoms with E-state index in [9.17, 15) is 4.79 Å². The number of amides is 2. The van der Waals surface area contributed by atoms with Gasteiger partial charge in [0.15, 0.2) is 5.13 Å². The van der Waals surface area contributed by atoms with Crippen molar-refractivity contribution in [3.05, 3.63) is 60.0 Å². The normalized spacial score (nSPS) is 10.6. The number of nitrogens with zero attached hydrogens (tertiary/aromatic N) is 2. The van der Waals surface area contributed by atoms with Gasteiger partial charge in [-0.3, -0.25) is 5.32 Å². The van der Waals surface area contributed by atoms with E-state index in [1.165, 1.54) is 11.3 Å². The van der Waals surface area contributed by atoms with Gasteiger partial charge in [-0.25, -0.2) is 9.78 Å². The van der Waals surface area contributed by atoms with Gasteiger partial charge < -0.3 is 15.0 Å². The summed E-state index contributed by atoms with van der Waals surface area (Å²) >= 11 is 1.37. The van der Waals surface area contributed by atoms with Gasteiger partial charge in [0.1, 0.15) is 12.4 Å². The van der Waals surface area contributed by atoms with Crippen LogP contribution in [0.3, 0.4) is 0 Å². The molecule has 0 saturated heterocycles. The zero-order valence-corrected chi connectivity index (χ0v) is 16.1. The number of anilines is 2. The lowest BCUT2D eigenvalue weighted by atomic mass is 10.1. The van der Waals surface area contributed by atoms with Crippen LogP contribution in [-0.4, -0.2) is 43.2 Å². The summed E-state index contributed by atoms with van der Waals surface area (Å²) in [6.07, 6.45) is 0. The lowest BCUT2D eigenvalue weighted by molar-refractivity contribution is 0.262. The molecule has 2 amide bonds. The first kappa shape index (κ1) is 18.9. The molecule has 2 N–H and O–H groups in total. The van der Waals surface area contributed by atoms with Gasteiger partial charge in [-0.2, -0.15) is 0 Å². The number of thiazole rings is 1. The van der Waals surface area contributed by atoms with E-state index in [-0.39, 0.29) is 6.03 Å². The monoisotopic (exact) mass is 382 g/mol. The number of hydrogen-bond acceptors (Lipinski definition) is 5. The van der Waals surface area contributed by atoms with Gasteiger partial charge >= 0.3 is 6.03 Å². The SMILES string of the molecule is CN(C)CCOc1ccccc1-c1csc(NC(=O)Nc2ccccc2)n1. The summed E-state index contributed by atoms with van der Waals surface area (Å²) in [6.45, 7) is 1.43. The van der Waals surface area contributed by atoms with E-state index in [4.69, 9.17) is 4.74 Å². The lowest BCUT2D eigenvalue weighted by Crippen LogP contribution is -2.19. The van der Waals surface area contributed by atoms with Gasteiger partial charge in [-0.05, 0) is 38.4 Å². The molecule has 0 aliphatic heterocycles. The lowest BCUT2D eigenvalue weighted by Gasteiger charge is -2.13. The minimum atomic E-state index is -0.322. The molecule has 2 aromatic carbocycles. The summed E-state index contributed by atoms with van der Waals surface area (Å²) in [5.41, 5.74) is 2.41. The minimum absolute atomic E-state index is 0.322. The van der Waals surface area contributed by atoms with Crippen molar-refractivity contribution in [2.45, 2.75) is 0 Å². The molecule has 3 rings (SSSR count). The van der Waals surface area contributed by atoms with Crippen molar-refractivity contribution in [3.63, 3.8) is 0 Å². The molecule has 0 unspecified atom stereocenters. The van der Waals surface area contributed by atoms with E-state index >= 15 is 0 Å². The number of hydrogen-bond donors (Lipinski definition) is 2. The Morgan fingerprint density at radius 2 is 1.81 bits per heavy atom. The molecule has 27 heavy (non-hydrogen) atoms. The van der Waals surface area contributed by atoms with Crippen molar-refractivity contribution >= 4 is 28.2 Å². The summed E-state index contributed by atoms with van der Waals surface area (Å²) in [7, 11) is 4.02. The van der Waals surface area contributed by atoms with Gasteiger partial charge in [-0.15, -0.1) is 11.3 Å². The van der Waals surface area contributed by atoms with Crippen LogP contribution in [0.1, 0.15) is 0 Å². The Hall–Kier alpha value is -2.90. The second-order valence-electron chi connectivity index (χ2n) is 6.13. The molecule has 0 radical (unpaired) electrons. The van der Waals surface area contributed by atoms with Crippen molar-refractivity contribution in [3.8, 4) is 17.0 Å². The standard InChI is InChI=1S/C20H22N4O2S/c1-24(2)12-13-26-18-11-7-6-10-16(18)17-14-27-20(22-17)23-19(25)21-15-8-4-3-5-9-15/h3-11,14H,12-13H2,1-2H3,(H2,21,22,23,25). The van der Waals surface area contributed by atoms with Crippen molar-refractivity contribution < 1.29 is 9.53 Å². The molecule has 1 aromatic heterocycles. The number of carbonyl (C=O) groups is 1. The van der Waals surface area contributed by atoms with Gasteiger partial charge in [-0.1, -0.05) is 30.3 Å². The highest BCUT2D eigenvalue weighted by atomic mass is 32.1. The molecular weight excluding hydrogens is 360 g/mol. The largest absolute Gasteiger partial charge is 0.492 e. The van der Waals surface area contributed by atoms with Gasteiger partial charge in [0.2, 0.25) is 0 Å². The van der Waals surface area contributed by atoms with Gasteiger partial charge in [0, 0.05) is 23.2 Å². The fourth-order valence-corrected chi connectivity index (χ4v) is 3.08. The first-order chi connectivity index (χ1) is 13.1. The molecule has 0 atom stereocenters. The van der Waals surface area contributed by atoms with Crippen LogP contribution in [0.15, 0.2) is 60.0 Å². The third kappa shape index (κ3) is 5.54. The number of para-hydroxylation sites is 2. The van der Waals surface area contributed by atoms with Crippen molar-refractivity contribution in [2.24, 2.45) is 0 Å². The Bertz CT molecular complexity index is 880. The quantitative estimate of drug-likeness (QED) is 0.636. The predicted molar refractivity (Wildman–Crippen MR) is 111 cm³/mol. The minimum Gasteiger partial charge on any atom is -0.492 e. The molecule has 3 aromatic rings. The number of urea groups is 1. The summed E-state index contributed by atoms with van der Waals surface area (Å²) in [6, 6.07) is 16.7. The average molecular weight is 382 g/mol. The average Bonchev–Trinajstić information content (AvgIpc) is 3.11. The van der Waals surface area contributed by atoms with E-state index in [2.05, 4.69) is 20.5 Å². The second kappa shape index (κ2) is 9.16. The number of aromatic nitrogens is 1. The smallest absolute Gasteiger partial charge is 0.325 e. The van der Waals surface area contributed by atoms with Gasteiger partial charge in [0.25, 0.3) is 0 Å². The number of likely N-dealkylation sites (N-methyl/N-ethyl adjacent to an activating group) is 1. The second-order valence-corrected chi connectivity index (χ2v) is 6.99. The Labute approximate surface area is 162 Å². The van der Waals surface area contributed by atoms with E-state index in [0.29, 0.717) is 11.7 Å². The van der Waals surface area contributed by atoms with E-state index in [0.717, 1.165) is 29.2 Å². The number of benzene rings is 2. The summed E-state index contributed by atoms with van der Waals surface area (Å²) in [4.78, 5) is 18.7. The molecule has 6 nitrogen and oxygen atoms in total. The summed E-state index contributed by atoms with van der Waals surface area (Å²) in [5, 5.41) is 7.98. The molecule has 0 fully saturated rings. The first-order valence-electron chi connectivity index (χ1n) is 8.57. The zero-order valence-electron chi connectivity index (χ0n) is 15.3.